The first-order chi connectivity index (χ1) is 16.8. The lowest BCUT2D eigenvalue weighted by atomic mass is 9.75. The van der Waals surface area contributed by atoms with Crippen LogP contribution in [0.15, 0.2) is 58.6 Å². The second kappa shape index (κ2) is 8.51. The number of carbonyl (C=O) groups is 1. The van der Waals surface area contributed by atoms with Crippen LogP contribution in [0, 0.1) is 17.8 Å². The zero-order chi connectivity index (χ0) is 24.3. The van der Waals surface area contributed by atoms with E-state index >= 15 is 0 Å². The van der Waals surface area contributed by atoms with Crippen LogP contribution in [0.5, 0.6) is 0 Å². The number of anilines is 1. The predicted molar refractivity (Wildman–Crippen MR) is 129 cm³/mol. The Hall–Kier alpha value is -2.59. The molecule has 1 aliphatic heterocycles. The summed E-state index contributed by atoms with van der Waals surface area (Å²) in [6, 6.07) is 8.82. The summed E-state index contributed by atoms with van der Waals surface area (Å²) >= 11 is 2.84. The van der Waals surface area contributed by atoms with Gasteiger partial charge >= 0.3 is 11.0 Å². The van der Waals surface area contributed by atoms with Crippen LogP contribution in [0.2, 0.25) is 0 Å². The number of para-hydroxylation sites is 1. The Morgan fingerprint density at radius 2 is 1.94 bits per heavy atom. The quantitative estimate of drug-likeness (QED) is 0.488. The van der Waals surface area contributed by atoms with Crippen molar-refractivity contribution in [3.63, 3.8) is 0 Å². The van der Waals surface area contributed by atoms with E-state index in [0.29, 0.717) is 23.0 Å². The molecule has 5 atom stereocenters. The fourth-order valence-corrected chi connectivity index (χ4v) is 9.34. The van der Waals surface area contributed by atoms with Crippen molar-refractivity contribution in [2.45, 2.75) is 48.2 Å². The minimum absolute atomic E-state index is 0.0493. The van der Waals surface area contributed by atoms with E-state index in [0.717, 1.165) is 32.9 Å². The maximum Gasteiger partial charge on any atom is 0.418 e. The number of rotatable bonds is 4. The number of nitrogens with one attached hydrogen (secondary N) is 1. The zero-order valence-corrected chi connectivity index (χ0v) is 20.1. The van der Waals surface area contributed by atoms with Gasteiger partial charge in [0.15, 0.2) is 0 Å². The maximum absolute atomic E-state index is 13.4. The first kappa shape index (κ1) is 22.8. The van der Waals surface area contributed by atoms with Crippen LogP contribution >= 0.6 is 23.1 Å². The second-order valence-electron chi connectivity index (χ2n) is 9.47. The van der Waals surface area contributed by atoms with Crippen LogP contribution in [0.1, 0.15) is 41.2 Å². The first-order valence-electron chi connectivity index (χ1n) is 11.6. The molecular formula is C25H22F3N3O2S2. The second-order valence-corrected chi connectivity index (χ2v) is 11.6. The summed E-state index contributed by atoms with van der Waals surface area (Å²) in [5.41, 5.74) is -0.145. The normalized spacial score (nSPS) is 26.9. The molecule has 2 bridgehead atoms. The number of pyridine rings is 1. The number of hydrogen-bond donors (Lipinski definition) is 1. The van der Waals surface area contributed by atoms with E-state index in [2.05, 4.69) is 16.4 Å². The van der Waals surface area contributed by atoms with Crippen molar-refractivity contribution >= 4 is 34.7 Å². The Morgan fingerprint density at radius 3 is 2.71 bits per heavy atom. The number of alkyl halides is 3. The molecule has 0 unspecified atom stereocenters. The number of carbonyl (C=O) groups excluding carboxylic acids is 1. The standard InChI is InChI=1S/C25H22F3N3O2S2/c26-25(27,28)16-5-1-2-6-17(16)30-18(32)12-31-23-22(35-24(31)33)20(15-4-3-9-29-11-15)19-13-7-8-14(10-13)21(19)34-23/h1-6,9,11,13-14,19-21H,7-8,10,12H2,(H,30,32)/t13-,14-,19-,20-,21+/m0/s1. The number of aromatic nitrogens is 2. The van der Waals surface area contributed by atoms with E-state index in [1.807, 2.05) is 12.3 Å². The van der Waals surface area contributed by atoms with Crippen LogP contribution in [0.3, 0.4) is 0 Å². The largest absolute Gasteiger partial charge is 0.418 e. The molecule has 3 aliphatic rings. The van der Waals surface area contributed by atoms with Gasteiger partial charge in [0.1, 0.15) is 6.54 Å². The highest BCUT2D eigenvalue weighted by Crippen LogP contribution is 2.63. The molecule has 0 saturated heterocycles. The Bertz CT molecular complexity index is 1340. The lowest BCUT2D eigenvalue weighted by Gasteiger charge is -2.40. The van der Waals surface area contributed by atoms with E-state index < -0.39 is 17.6 Å². The number of benzene rings is 1. The van der Waals surface area contributed by atoms with Gasteiger partial charge in [-0.05, 0) is 60.8 Å². The molecule has 3 heterocycles. The maximum atomic E-state index is 13.4. The third-order valence-electron chi connectivity index (χ3n) is 7.54. The van der Waals surface area contributed by atoms with Crippen LogP contribution in [0.25, 0.3) is 0 Å². The summed E-state index contributed by atoms with van der Waals surface area (Å²) in [6.07, 6.45) is 2.57. The fourth-order valence-electron chi connectivity index (χ4n) is 6.19. The monoisotopic (exact) mass is 517 g/mol. The summed E-state index contributed by atoms with van der Waals surface area (Å²) < 4.78 is 41.5. The topological polar surface area (TPSA) is 64.0 Å². The molecule has 6 rings (SSSR count). The molecule has 10 heteroatoms. The minimum Gasteiger partial charge on any atom is -0.324 e. The molecule has 1 amide bonds. The van der Waals surface area contributed by atoms with Gasteiger partial charge in [-0.2, -0.15) is 13.2 Å². The van der Waals surface area contributed by atoms with Crippen molar-refractivity contribution in [1.82, 2.24) is 9.55 Å². The highest BCUT2D eigenvalue weighted by atomic mass is 32.2. The van der Waals surface area contributed by atoms with Crippen molar-refractivity contribution in [2.75, 3.05) is 5.32 Å². The average molecular weight is 518 g/mol. The van der Waals surface area contributed by atoms with Crippen LogP contribution in [-0.4, -0.2) is 20.7 Å². The average Bonchev–Trinajstić information content (AvgIpc) is 3.52. The third-order valence-corrected chi connectivity index (χ3v) is 10.4. The number of thioether (sulfide) groups is 1. The van der Waals surface area contributed by atoms with E-state index in [1.165, 1.54) is 42.0 Å². The third kappa shape index (κ3) is 3.91. The summed E-state index contributed by atoms with van der Waals surface area (Å²) in [7, 11) is 0. The molecular weight excluding hydrogens is 495 g/mol. The highest BCUT2D eigenvalue weighted by Gasteiger charge is 2.55. The van der Waals surface area contributed by atoms with Crippen LogP contribution in [-0.2, 0) is 17.5 Å². The Labute approximate surface area is 207 Å². The number of halogens is 3. The Balaban J connectivity index is 1.34. The molecule has 1 aromatic carbocycles. The molecule has 0 spiro atoms. The smallest absolute Gasteiger partial charge is 0.324 e. The first-order valence-corrected chi connectivity index (χ1v) is 13.3. The molecule has 3 aromatic rings. The number of amides is 1. The molecule has 2 fully saturated rings. The highest BCUT2D eigenvalue weighted by molar-refractivity contribution is 8.00. The van der Waals surface area contributed by atoms with Gasteiger partial charge < -0.3 is 5.32 Å². The Morgan fingerprint density at radius 1 is 1.14 bits per heavy atom. The van der Waals surface area contributed by atoms with E-state index in [9.17, 15) is 22.8 Å². The van der Waals surface area contributed by atoms with E-state index in [1.54, 1.807) is 18.0 Å². The fraction of sp³-hybridized carbons (Fsp3) is 0.400. The van der Waals surface area contributed by atoms with Gasteiger partial charge in [-0.25, -0.2) is 0 Å². The summed E-state index contributed by atoms with van der Waals surface area (Å²) in [6.45, 7) is -0.324. The molecule has 2 aromatic heterocycles. The molecule has 2 saturated carbocycles. The summed E-state index contributed by atoms with van der Waals surface area (Å²) in [5, 5.41) is 3.51. The number of nitrogens with zero attached hydrogens (tertiary/aromatic N) is 2. The van der Waals surface area contributed by atoms with Gasteiger partial charge in [0, 0.05) is 28.4 Å². The lowest BCUT2D eigenvalue weighted by Crippen LogP contribution is -2.35. The molecule has 2 aliphatic carbocycles. The molecule has 35 heavy (non-hydrogen) atoms. The van der Waals surface area contributed by atoms with Crippen molar-refractivity contribution in [3.8, 4) is 0 Å². The molecule has 1 N–H and O–H groups in total. The SMILES string of the molecule is O=C(Cn1c2c(sc1=O)[C@@H](c1cccnc1)[C@@H]1[C@H]3CC[C@@H](C3)[C@H]1S2)Nc1ccccc1C(F)(F)F. The predicted octanol–water partition coefficient (Wildman–Crippen LogP) is 5.61. The number of thiazole rings is 1. The van der Waals surface area contributed by atoms with Gasteiger partial charge in [-0.3, -0.25) is 19.1 Å². The summed E-state index contributed by atoms with van der Waals surface area (Å²) in [5.74, 6) is 1.02. The van der Waals surface area contributed by atoms with Crippen molar-refractivity contribution in [3.05, 3.63) is 74.5 Å². The van der Waals surface area contributed by atoms with E-state index in [4.69, 9.17) is 0 Å². The number of fused-ring (bicyclic) bond motifs is 6. The van der Waals surface area contributed by atoms with Gasteiger partial charge in [0.2, 0.25) is 5.91 Å². The molecule has 0 radical (unpaired) electrons. The van der Waals surface area contributed by atoms with Crippen molar-refractivity contribution < 1.29 is 18.0 Å². The van der Waals surface area contributed by atoms with E-state index in [-0.39, 0.29) is 23.0 Å². The van der Waals surface area contributed by atoms with Gasteiger partial charge in [0.25, 0.3) is 0 Å². The van der Waals surface area contributed by atoms with Crippen LogP contribution < -0.4 is 10.2 Å². The lowest BCUT2D eigenvalue weighted by molar-refractivity contribution is -0.137. The van der Waals surface area contributed by atoms with Crippen molar-refractivity contribution in [1.29, 1.82) is 0 Å². The van der Waals surface area contributed by atoms with Gasteiger partial charge in [-0.15, -0.1) is 11.8 Å². The Kier molecular flexibility index (Phi) is 5.56. The van der Waals surface area contributed by atoms with Crippen LogP contribution in [0.4, 0.5) is 18.9 Å². The summed E-state index contributed by atoms with van der Waals surface area (Å²) in [4.78, 5) is 30.9. The minimum atomic E-state index is -4.59. The molecule has 5 nitrogen and oxygen atoms in total. The van der Waals surface area contributed by atoms with Gasteiger partial charge in [-0.1, -0.05) is 29.5 Å². The zero-order valence-electron chi connectivity index (χ0n) is 18.5. The number of hydrogen-bond acceptors (Lipinski definition) is 5. The van der Waals surface area contributed by atoms with Gasteiger partial charge in [0.05, 0.1) is 16.3 Å². The van der Waals surface area contributed by atoms with Crippen molar-refractivity contribution in [2.24, 2.45) is 17.8 Å². The molecule has 182 valence electrons.